The lowest BCUT2D eigenvalue weighted by Crippen LogP contribution is -2.22. The first-order chi connectivity index (χ1) is 10.2. The minimum absolute atomic E-state index is 0.111. The van der Waals surface area contributed by atoms with Gasteiger partial charge in [0.2, 0.25) is 0 Å². The van der Waals surface area contributed by atoms with Gasteiger partial charge in [-0.2, -0.15) is 0 Å². The molecule has 0 fully saturated rings. The Labute approximate surface area is 124 Å². The first kappa shape index (κ1) is 15.1. The molecule has 0 unspecified atom stereocenters. The molecule has 0 aromatic heterocycles. The van der Waals surface area contributed by atoms with Gasteiger partial charge in [0.15, 0.2) is 0 Å². The highest BCUT2D eigenvalue weighted by Gasteiger charge is 2.06. The zero-order valence-corrected chi connectivity index (χ0v) is 12.1. The van der Waals surface area contributed by atoms with Crippen LogP contribution in [0.1, 0.15) is 21.5 Å². The number of rotatable bonds is 6. The molecule has 4 heteroatoms. The van der Waals surface area contributed by atoms with E-state index in [2.05, 4.69) is 5.32 Å². The third kappa shape index (κ3) is 4.33. The van der Waals surface area contributed by atoms with E-state index >= 15 is 0 Å². The van der Waals surface area contributed by atoms with Crippen LogP contribution in [0, 0.1) is 0 Å². The summed E-state index contributed by atoms with van der Waals surface area (Å²) >= 11 is 0. The van der Waals surface area contributed by atoms with E-state index in [0.29, 0.717) is 24.4 Å². The normalized spacial score (nSPS) is 10.2. The smallest absolute Gasteiger partial charge is 0.251 e. The summed E-state index contributed by atoms with van der Waals surface area (Å²) in [7, 11) is 1.58. The number of carbonyl (C=O) groups is 1. The fourth-order valence-electron chi connectivity index (χ4n) is 2.04. The number of methoxy groups -OCH3 is 1. The summed E-state index contributed by atoms with van der Waals surface area (Å²) in [5.41, 5.74) is 8.38. The van der Waals surface area contributed by atoms with Gasteiger partial charge in [0.1, 0.15) is 5.75 Å². The van der Waals surface area contributed by atoms with Gasteiger partial charge in [0.05, 0.1) is 7.11 Å². The first-order valence-corrected chi connectivity index (χ1v) is 6.93. The molecule has 0 saturated heterocycles. The second-order valence-corrected chi connectivity index (χ2v) is 4.77. The zero-order valence-electron chi connectivity index (χ0n) is 12.1. The number of nitrogens with one attached hydrogen (secondary N) is 1. The van der Waals surface area contributed by atoms with Gasteiger partial charge in [-0.1, -0.05) is 30.3 Å². The fraction of sp³-hybridized carbons (Fsp3) is 0.235. The quantitative estimate of drug-likeness (QED) is 0.854. The van der Waals surface area contributed by atoms with Crippen LogP contribution in [0.15, 0.2) is 48.5 Å². The van der Waals surface area contributed by atoms with Crippen LogP contribution >= 0.6 is 0 Å². The SMILES string of the molecule is COc1cccc(C(=O)NCc2ccc(CCN)cc2)c1. The molecule has 0 aliphatic heterocycles. The van der Waals surface area contributed by atoms with Crippen molar-refractivity contribution in [3.05, 3.63) is 65.2 Å². The van der Waals surface area contributed by atoms with E-state index in [-0.39, 0.29) is 5.91 Å². The molecule has 21 heavy (non-hydrogen) atoms. The summed E-state index contributed by atoms with van der Waals surface area (Å²) in [5.74, 6) is 0.564. The molecule has 4 nitrogen and oxygen atoms in total. The molecule has 110 valence electrons. The largest absolute Gasteiger partial charge is 0.497 e. The second kappa shape index (κ2) is 7.45. The van der Waals surface area contributed by atoms with Crippen molar-refractivity contribution in [2.75, 3.05) is 13.7 Å². The van der Waals surface area contributed by atoms with Crippen LogP contribution in [0.5, 0.6) is 5.75 Å². The van der Waals surface area contributed by atoms with Crippen LogP contribution < -0.4 is 15.8 Å². The minimum atomic E-state index is -0.111. The lowest BCUT2D eigenvalue weighted by Gasteiger charge is -2.07. The molecule has 1 amide bonds. The molecule has 0 spiro atoms. The standard InChI is InChI=1S/C17H20N2O2/c1-21-16-4-2-3-15(11-16)17(20)19-12-14-7-5-13(6-8-14)9-10-18/h2-8,11H,9-10,12,18H2,1H3,(H,19,20). The lowest BCUT2D eigenvalue weighted by atomic mass is 10.1. The van der Waals surface area contributed by atoms with Gasteiger partial charge < -0.3 is 15.8 Å². The molecular weight excluding hydrogens is 264 g/mol. The third-order valence-electron chi connectivity index (χ3n) is 3.24. The summed E-state index contributed by atoms with van der Waals surface area (Å²) in [4.78, 5) is 12.1. The Morgan fingerprint density at radius 2 is 1.86 bits per heavy atom. The molecule has 2 aromatic carbocycles. The number of hydrogen-bond acceptors (Lipinski definition) is 3. The van der Waals surface area contributed by atoms with E-state index in [4.69, 9.17) is 10.5 Å². The number of ether oxygens (including phenoxy) is 1. The van der Waals surface area contributed by atoms with Crippen molar-refractivity contribution < 1.29 is 9.53 Å². The maximum atomic E-state index is 12.1. The number of amides is 1. The number of benzene rings is 2. The summed E-state index contributed by atoms with van der Waals surface area (Å²) in [5, 5.41) is 2.90. The minimum Gasteiger partial charge on any atom is -0.497 e. The Morgan fingerprint density at radius 1 is 1.14 bits per heavy atom. The number of hydrogen-bond donors (Lipinski definition) is 2. The Kier molecular flexibility index (Phi) is 5.35. The Bertz CT molecular complexity index is 594. The maximum Gasteiger partial charge on any atom is 0.251 e. The van der Waals surface area contributed by atoms with Gasteiger partial charge in [0.25, 0.3) is 5.91 Å². The van der Waals surface area contributed by atoms with Crippen LogP contribution in [0.2, 0.25) is 0 Å². The molecule has 0 radical (unpaired) electrons. The highest BCUT2D eigenvalue weighted by molar-refractivity contribution is 5.94. The van der Waals surface area contributed by atoms with Crippen molar-refractivity contribution in [1.82, 2.24) is 5.32 Å². The molecule has 0 saturated carbocycles. The van der Waals surface area contributed by atoms with Crippen molar-refractivity contribution in [3.63, 3.8) is 0 Å². The average Bonchev–Trinajstić information content (AvgIpc) is 2.54. The Hall–Kier alpha value is -2.33. The van der Waals surface area contributed by atoms with Crippen molar-refractivity contribution in [2.24, 2.45) is 5.73 Å². The van der Waals surface area contributed by atoms with Crippen LogP contribution in [-0.2, 0) is 13.0 Å². The van der Waals surface area contributed by atoms with Crippen LogP contribution in [0.3, 0.4) is 0 Å². The predicted octanol–water partition coefficient (Wildman–Crippen LogP) is 2.13. The Morgan fingerprint density at radius 3 is 2.52 bits per heavy atom. The van der Waals surface area contributed by atoms with E-state index < -0.39 is 0 Å². The molecule has 0 bridgehead atoms. The maximum absolute atomic E-state index is 12.1. The predicted molar refractivity (Wildman–Crippen MR) is 83.4 cm³/mol. The van der Waals surface area contributed by atoms with Gasteiger partial charge in [-0.05, 0) is 42.3 Å². The molecule has 0 aliphatic carbocycles. The second-order valence-electron chi connectivity index (χ2n) is 4.77. The van der Waals surface area contributed by atoms with Crippen LogP contribution in [0.25, 0.3) is 0 Å². The van der Waals surface area contributed by atoms with E-state index in [1.165, 1.54) is 5.56 Å². The van der Waals surface area contributed by atoms with E-state index in [0.717, 1.165) is 12.0 Å². The van der Waals surface area contributed by atoms with Crippen molar-refractivity contribution in [1.29, 1.82) is 0 Å². The van der Waals surface area contributed by atoms with Gasteiger partial charge in [-0.25, -0.2) is 0 Å². The van der Waals surface area contributed by atoms with E-state index in [9.17, 15) is 4.79 Å². The molecule has 2 aromatic rings. The fourth-order valence-corrected chi connectivity index (χ4v) is 2.04. The van der Waals surface area contributed by atoms with E-state index in [1.807, 2.05) is 30.3 Å². The van der Waals surface area contributed by atoms with Crippen molar-refractivity contribution in [3.8, 4) is 5.75 Å². The van der Waals surface area contributed by atoms with Gasteiger partial charge in [-0.15, -0.1) is 0 Å². The number of nitrogens with two attached hydrogens (primary N) is 1. The number of carbonyl (C=O) groups excluding carboxylic acids is 1. The average molecular weight is 284 g/mol. The van der Waals surface area contributed by atoms with E-state index in [1.54, 1.807) is 25.3 Å². The summed E-state index contributed by atoms with van der Waals surface area (Å²) in [6.07, 6.45) is 0.871. The zero-order chi connectivity index (χ0) is 15.1. The highest BCUT2D eigenvalue weighted by atomic mass is 16.5. The molecule has 3 N–H and O–H groups in total. The van der Waals surface area contributed by atoms with Crippen molar-refractivity contribution in [2.45, 2.75) is 13.0 Å². The molecular formula is C17H20N2O2. The van der Waals surface area contributed by atoms with Gasteiger partial charge >= 0.3 is 0 Å². The highest BCUT2D eigenvalue weighted by Crippen LogP contribution is 2.12. The summed E-state index contributed by atoms with van der Waals surface area (Å²) < 4.78 is 5.11. The summed E-state index contributed by atoms with van der Waals surface area (Å²) in [6, 6.07) is 15.2. The Balaban J connectivity index is 1.93. The molecule has 2 rings (SSSR count). The monoisotopic (exact) mass is 284 g/mol. The van der Waals surface area contributed by atoms with Crippen LogP contribution in [0.4, 0.5) is 0 Å². The topological polar surface area (TPSA) is 64.3 Å². The molecule has 0 aliphatic rings. The van der Waals surface area contributed by atoms with Gasteiger partial charge in [-0.3, -0.25) is 4.79 Å². The van der Waals surface area contributed by atoms with Crippen molar-refractivity contribution >= 4 is 5.91 Å². The van der Waals surface area contributed by atoms with Crippen LogP contribution in [-0.4, -0.2) is 19.6 Å². The lowest BCUT2D eigenvalue weighted by molar-refractivity contribution is 0.0950. The molecule has 0 heterocycles. The third-order valence-corrected chi connectivity index (χ3v) is 3.24. The van der Waals surface area contributed by atoms with Gasteiger partial charge in [0, 0.05) is 12.1 Å². The first-order valence-electron chi connectivity index (χ1n) is 6.93. The molecule has 0 atom stereocenters. The summed E-state index contributed by atoms with van der Waals surface area (Å²) in [6.45, 7) is 1.14.